The van der Waals surface area contributed by atoms with Crippen molar-refractivity contribution in [2.24, 2.45) is 6.55 Å². The van der Waals surface area contributed by atoms with Gasteiger partial charge in [-0.3, -0.25) is 0 Å². The van der Waals surface area contributed by atoms with Gasteiger partial charge in [-0.05, 0) is 6.07 Å². The number of aryl methyl sites for hydroxylation is 1. The van der Waals surface area contributed by atoms with Gasteiger partial charge in [0.2, 0.25) is 0 Å². The Hall–Kier alpha value is -0.156. The Bertz CT molecular complexity index is 140. The molecule has 1 nitrogen and oxygen atoms in total. The molecule has 0 aliphatic rings. The van der Waals surface area contributed by atoms with E-state index in [9.17, 15) is 0 Å². The van der Waals surface area contributed by atoms with Gasteiger partial charge in [0.15, 0.2) is 0 Å². The molecule has 0 fully saturated rings. The van der Waals surface area contributed by atoms with E-state index < -0.39 is 0 Å². The minimum Gasteiger partial charge on any atom is -0.314 e. The summed E-state index contributed by atoms with van der Waals surface area (Å²) >= 11 is 0. The van der Waals surface area contributed by atoms with Crippen LogP contribution in [0.5, 0.6) is 0 Å². The van der Waals surface area contributed by atoms with E-state index in [1.807, 2.05) is 6.20 Å². The molecule has 0 spiro atoms. The molecular formula is C4H7NSi2. The standard InChI is InChI=1S/C4H7NSi2/c1-7-4-2-3-5-6-7/h2-4,6H,1H3. The minimum atomic E-state index is -0.0882. The average molecular weight is 125 g/mol. The highest BCUT2D eigenvalue weighted by Gasteiger charge is 1.75. The molecule has 0 saturated carbocycles. The smallest absolute Gasteiger partial charge is 0.118 e. The lowest BCUT2D eigenvalue weighted by atomic mass is 10.8. The van der Waals surface area contributed by atoms with Crippen LogP contribution in [0.1, 0.15) is 0 Å². The first-order valence-corrected chi connectivity index (χ1v) is 6.66. The fourth-order valence-corrected chi connectivity index (χ4v) is 2.90. The van der Waals surface area contributed by atoms with Crippen LogP contribution in [0.4, 0.5) is 0 Å². The highest BCUT2D eigenvalue weighted by atomic mass is 29.0. The Morgan fingerprint density at radius 3 is 2.86 bits per heavy atom. The van der Waals surface area contributed by atoms with Gasteiger partial charge < -0.3 is 4.64 Å². The van der Waals surface area contributed by atoms with Gasteiger partial charge in [-0.25, -0.2) is 0 Å². The Morgan fingerprint density at radius 2 is 2.57 bits per heavy atom. The average Bonchev–Trinajstić information content (AvgIpc) is 1.69. The second-order valence-corrected chi connectivity index (χ2v) is 7.41. The van der Waals surface area contributed by atoms with Gasteiger partial charge in [-0.15, -0.1) is 0 Å². The molecule has 0 aliphatic carbocycles. The van der Waals surface area contributed by atoms with E-state index in [0.717, 1.165) is 0 Å². The Balaban J connectivity index is 3.02. The lowest BCUT2D eigenvalue weighted by molar-refractivity contribution is 1.53. The minimum absolute atomic E-state index is 0.0882. The van der Waals surface area contributed by atoms with Crippen molar-refractivity contribution in [2.45, 2.75) is 0 Å². The molecule has 0 aromatic carbocycles. The van der Waals surface area contributed by atoms with Crippen LogP contribution in [0, 0.1) is 0 Å². The molecule has 0 amide bonds. The van der Waals surface area contributed by atoms with Crippen molar-refractivity contribution in [3.63, 3.8) is 0 Å². The third-order valence-corrected chi connectivity index (χ3v) is 4.50. The predicted molar refractivity (Wildman–Crippen MR) is 33.9 cm³/mol. The Labute approximate surface area is 46.6 Å². The maximum Gasteiger partial charge on any atom is 0.118 e. The van der Waals surface area contributed by atoms with Crippen LogP contribution in [-0.2, 0) is 6.55 Å². The van der Waals surface area contributed by atoms with Crippen LogP contribution in [0.25, 0.3) is 0 Å². The van der Waals surface area contributed by atoms with E-state index in [0.29, 0.717) is 8.79 Å². The summed E-state index contributed by atoms with van der Waals surface area (Å²) in [5, 5.41) is 0. The summed E-state index contributed by atoms with van der Waals surface area (Å²) in [5.41, 5.74) is 2.30. The number of rotatable bonds is 0. The van der Waals surface area contributed by atoms with Gasteiger partial charge >= 0.3 is 0 Å². The first-order chi connectivity index (χ1) is 3.39. The molecule has 1 aromatic rings. The first-order valence-electron chi connectivity index (χ1n) is 2.26. The van der Waals surface area contributed by atoms with Crippen molar-refractivity contribution in [1.82, 2.24) is 4.64 Å². The normalized spacial score (nSPS) is 8.71. The van der Waals surface area contributed by atoms with Crippen LogP contribution in [-0.4, -0.2) is 21.3 Å². The first kappa shape index (κ1) is 4.99. The van der Waals surface area contributed by atoms with Crippen molar-refractivity contribution in [2.75, 3.05) is 0 Å². The number of aromatic nitrogens is 1. The highest BCUT2D eigenvalue weighted by Crippen LogP contribution is 1.68. The zero-order valence-electron chi connectivity index (χ0n) is 4.26. The van der Waals surface area contributed by atoms with Gasteiger partial charge in [0, 0.05) is 14.1 Å². The van der Waals surface area contributed by atoms with Crippen molar-refractivity contribution in [1.29, 1.82) is 0 Å². The van der Waals surface area contributed by atoms with Crippen LogP contribution >= 0.6 is 0 Å². The third-order valence-electron chi connectivity index (χ3n) is 0.809. The molecule has 0 bridgehead atoms. The maximum atomic E-state index is 4.17. The molecule has 7 heavy (non-hydrogen) atoms. The van der Waals surface area contributed by atoms with Gasteiger partial charge in [0.1, 0.15) is 8.79 Å². The van der Waals surface area contributed by atoms with Crippen molar-refractivity contribution in [3.8, 4) is 0 Å². The van der Waals surface area contributed by atoms with Gasteiger partial charge in [-0.2, -0.15) is 0 Å². The van der Waals surface area contributed by atoms with Crippen LogP contribution < -0.4 is 0 Å². The Morgan fingerprint density at radius 1 is 1.71 bits per heavy atom. The largest absolute Gasteiger partial charge is 0.314 e. The molecular weight excluding hydrogens is 118 g/mol. The molecule has 1 heterocycles. The van der Waals surface area contributed by atoms with Gasteiger partial charge in [0.05, 0.1) is 0 Å². The number of hydrogen-bond donors (Lipinski definition) is 0. The van der Waals surface area contributed by atoms with Gasteiger partial charge in [-0.1, -0.05) is 12.2 Å². The molecule has 1 aromatic heterocycles. The molecule has 0 N–H and O–H groups in total. The lowest BCUT2D eigenvalue weighted by Gasteiger charge is -1.80. The van der Waals surface area contributed by atoms with E-state index >= 15 is 0 Å². The summed E-state index contributed by atoms with van der Waals surface area (Å²) in [7, 11) is 0.350. The molecule has 0 unspecified atom stereocenters. The fourth-order valence-electron chi connectivity index (χ4n) is 0.448. The summed E-state index contributed by atoms with van der Waals surface area (Å²) in [6.07, 6.45) is 1.91. The lowest BCUT2D eigenvalue weighted by Crippen LogP contribution is -1.98. The van der Waals surface area contributed by atoms with E-state index in [1.54, 1.807) is 0 Å². The highest BCUT2D eigenvalue weighted by molar-refractivity contribution is 6.87. The quantitative estimate of drug-likeness (QED) is 0.434. The Kier molecular flexibility index (Phi) is 1.59. The second-order valence-electron chi connectivity index (χ2n) is 1.53. The van der Waals surface area contributed by atoms with E-state index in [-0.39, 0.29) is 7.90 Å². The van der Waals surface area contributed by atoms with E-state index in [4.69, 9.17) is 0 Å². The van der Waals surface area contributed by atoms with E-state index in [2.05, 4.69) is 22.9 Å². The fraction of sp³-hybridized carbons (Fsp3) is 0.250. The summed E-state index contributed by atoms with van der Waals surface area (Å²) in [5.74, 6) is 0. The number of nitrogens with zero attached hydrogens (tertiary/aromatic N) is 1. The molecule has 0 saturated heterocycles. The second kappa shape index (κ2) is 2.23. The van der Waals surface area contributed by atoms with Crippen molar-refractivity contribution < 1.29 is 0 Å². The summed E-state index contributed by atoms with van der Waals surface area (Å²) in [4.78, 5) is 0. The summed E-state index contributed by atoms with van der Waals surface area (Å²) in [6, 6.07) is 2.06. The number of hydrogen-bond acceptors (Lipinski definition) is 1. The monoisotopic (exact) mass is 125 g/mol. The molecule has 0 atom stereocenters. The van der Waals surface area contributed by atoms with Crippen molar-refractivity contribution in [3.05, 3.63) is 17.9 Å². The zero-order chi connectivity index (χ0) is 5.11. The summed E-state index contributed by atoms with van der Waals surface area (Å²) < 4.78 is 4.17. The summed E-state index contributed by atoms with van der Waals surface area (Å²) in [6.45, 7) is 2.30. The van der Waals surface area contributed by atoms with Crippen LogP contribution in [0.3, 0.4) is 0 Å². The molecule has 0 radical (unpaired) electrons. The SMILES string of the molecule is C[si]1cccn[siH]1. The van der Waals surface area contributed by atoms with Crippen LogP contribution in [0.2, 0.25) is 0 Å². The molecule has 3 heteroatoms. The van der Waals surface area contributed by atoms with E-state index in [1.165, 1.54) is 0 Å². The molecule has 0 aliphatic heterocycles. The third kappa shape index (κ3) is 1.40. The predicted octanol–water partition coefficient (Wildman–Crippen LogP) is -0.285. The van der Waals surface area contributed by atoms with Gasteiger partial charge in [0.25, 0.3) is 0 Å². The zero-order valence-corrected chi connectivity index (χ0v) is 6.41. The topological polar surface area (TPSA) is 12.9 Å². The maximum absolute atomic E-state index is 4.17. The molecule has 36 valence electrons. The van der Waals surface area contributed by atoms with Crippen LogP contribution in [0.15, 0.2) is 17.9 Å². The van der Waals surface area contributed by atoms with Crippen molar-refractivity contribution >= 4 is 16.7 Å². The molecule has 1 rings (SSSR count).